The summed E-state index contributed by atoms with van der Waals surface area (Å²) < 4.78 is 11.6. The van der Waals surface area contributed by atoms with E-state index in [2.05, 4.69) is 10.3 Å². The van der Waals surface area contributed by atoms with E-state index in [4.69, 9.17) is 33.3 Å². The van der Waals surface area contributed by atoms with Gasteiger partial charge in [0.25, 0.3) is 0 Å². The minimum absolute atomic E-state index is 0.0560. The van der Waals surface area contributed by atoms with E-state index < -0.39 is 0 Å². The van der Waals surface area contributed by atoms with Crippen LogP contribution in [0, 0.1) is 0 Å². The van der Waals surface area contributed by atoms with Crippen LogP contribution < -0.4 is 14.8 Å². The number of benzene rings is 2. The number of thiocarbonyl (C=S) groups is 1. The maximum atomic E-state index is 11.7. The van der Waals surface area contributed by atoms with Gasteiger partial charge in [-0.3, -0.25) is 9.78 Å². The smallest absolute Gasteiger partial charge is 0.138 e. The molecule has 1 N–H and O–H groups in total. The van der Waals surface area contributed by atoms with E-state index in [1.165, 1.54) is 12.8 Å². The number of halogens is 1. The summed E-state index contributed by atoms with van der Waals surface area (Å²) in [6, 6.07) is 11.7. The maximum absolute atomic E-state index is 11.7. The Balaban J connectivity index is 1.59. The van der Waals surface area contributed by atoms with Crippen LogP contribution in [0.5, 0.6) is 17.2 Å². The summed E-state index contributed by atoms with van der Waals surface area (Å²) in [7, 11) is 1.58. The van der Waals surface area contributed by atoms with E-state index >= 15 is 0 Å². The first-order chi connectivity index (χ1) is 14.9. The molecule has 0 radical (unpaired) electrons. The molecule has 0 saturated heterocycles. The van der Waals surface area contributed by atoms with Crippen molar-refractivity contribution in [1.82, 2.24) is 10.3 Å². The quantitative estimate of drug-likeness (QED) is 0.457. The zero-order chi connectivity index (χ0) is 22.0. The number of hydrogen-bond donors (Lipinski definition) is 1. The molecule has 0 atom stereocenters. The third-order valence-corrected chi connectivity index (χ3v) is 5.70. The molecule has 1 aromatic heterocycles. The third-order valence-electron chi connectivity index (χ3n) is 5.09. The van der Waals surface area contributed by atoms with E-state index in [1.807, 2.05) is 24.3 Å². The summed E-state index contributed by atoms with van der Waals surface area (Å²) in [5.74, 6) is 1.94. The van der Waals surface area contributed by atoms with Crippen molar-refractivity contribution in [3.63, 3.8) is 0 Å². The fraction of sp³-hybridized carbons (Fsp3) is 0.292. The number of nitrogens with zero attached hydrogens (tertiary/aromatic N) is 1. The van der Waals surface area contributed by atoms with Gasteiger partial charge in [0, 0.05) is 47.1 Å². The second kappa shape index (κ2) is 9.20. The van der Waals surface area contributed by atoms with Crippen LogP contribution in [0.15, 0.2) is 42.6 Å². The molecule has 1 fully saturated rings. The number of methoxy groups -OCH3 is 1. The van der Waals surface area contributed by atoms with E-state index in [-0.39, 0.29) is 12.2 Å². The minimum atomic E-state index is 0.0560. The summed E-state index contributed by atoms with van der Waals surface area (Å²) in [6.45, 7) is 1.56. The van der Waals surface area contributed by atoms with Gasteiger partial charge in [-0.05, 0) is 49.6 Å². The lowest BCUT2D eigenvalue weighted by atomic mass is 10.0. The molecule has 0 spiro atoms. The molecular weight excluding hydrogens is 432 g/mol. The highest BCUT2D eigenvalue weighted by molar-refractivity contribution is 7.80. The lowest BCUT2D eigenvalue weighted by molar-refractivity contribution is -0.116. The molecule has 2 aromatic carbocycles. The van der Waals surface area contributed by atoms with Crippen molar-refractivity contribution in [2.75, 3.05) is 7.11 Å². The number of carbonyl (C=O) groups excluding carboxylic acids is 1. The minimum Gasteiger partial charge on any atom is -0.496 e. The predicted molar refractivity (Wildman–Crippen MR) is 127 cm³/mol. The molecule has 1 aliphatic carbocycles. The van der Waals surface area contributed by atoms with E-state index in [9.17, 15) is 4.79 Å². The second-order valence-corrected chi connectivity index (χ2v) is 8.64. The summed E-state index contributed by atoms with van der Waals surface area (Å²) in [5.41, 5.74) is 2.48. The highest BCUT2D eigenvalue weighted by Crippen LogP contribution is 2.34. The highest BCUT2D eigenvalue weighted by Gasteiger charge is 2.22. The fourth-order valence-electron chi connectivity index (χ4n) is 3.42. The molecule has 0 amide bonds. The molecule has 0 bridgehead atoms. The summed E-state index contributed by atoms with van der Waals surface area (Å²) >= 11 is 11.9. The van der Waals surface area contributed by atoms with Gasteiger partial charge in [-0.25, -0.2) is 0 Å². The van der Waals surface area contributed by atoms with Gasteiger partial charge in [0.05, 0.1) is 17.6 Å². The normalized spacial score (nSPS) is 13.1. The van der Waals surface area contributed by atoms with Gasteiger partial charge in [-0.15, -0.1) is 0 Å². The van der Waals surface area contributed by atoms with Gasteiger partial charge in [0.15, 0.2) is 0 Å². The van der Waals surface area contributed by atoms with Crippen molar-refractivity contribution >= 4 is 45.5 Å². The van der Waals surface area contributed by atoms with Crippen LogP contribution in [0.1, 0.15) is 30.9 Å². The molecule has 1 saturated carbocycles. The van der Waals surface area contributed by atoms with Gasteiger partial charge in [-0.1, -0.05) is 29.9 Å². The van der Waals surface area contributed by atoms with Gasteiger partial charge < -0.3 is 14.8 Å². The van der Waals surface area contributed by atoms with Gasteiger partial charge in [0.1, 0.15) is 23.0 Å². The Morgan fingerprint density at radius 2 is 1.97 bits per heavy atom. The van der Waals surface area contributed by atoms with Crippen molar-refractivity contribution in [3.8, 4) is 17.2 Å². The number of hydrogen-bond acceptors (Lipinski definition) is 5. The van der Waals surface area contributed by atoms with E-state index in [0.717, 1.165) is 27.0 Å². The Bertz CT molecular complexity index is 1160. The predicted octanol–water partition coefficient (Wildman–Crippen LogP) is 5.44. The number of ether oxygens (including phenoxy) is 2. The molecule has 1 heterocycles. The lowest BCUT2D eigenvalue weighted by Gasteiger charge is -2.14. The first kappa shape index (κ1) is 21.5. The Labute approximate surface area is 191 Å². The van der Waals surface area contributed by atoms with Gasteiger partial charge >= 0.3 is 0 Å². The standard InChI is InChI=1S/C24H23ClN2O3S/c1-14(28)9-16-10-19-21(13-23(16)29-2)26-8-7-22(19)30-18-6-3-15(20(25)12-18)11-24(31)27-17-4-5-17/h3,6-8,10,12-13,17H,4-5,9,11H2,1-2H3,(H,27,31). The topological polar surface area (TPSA) is 60.5 Å². The lowest BCUT2D eigenvalue weighted by Crippen LogP contribution is -2.25. The number of aromatic nitrogens is 1. The molecule has 160 valence electrons. The second-order valence-electron chi connectivity index (χ2n) is 7.74. The number of fused-ring (bicyclic) bond motifs is 1. The monoisotopic (exact) mass is 454 g/mol. The Morgan fingerprint density at radius 1 is 1.16 bits per heavy atom. The largest absolute Gasteiger partial charge is 0.496 e. The molecule has 0 aliphatic heterocycles. The average molecular weight is 455 g/mol. The number of rotatable bonds is 8. The number of carbonyl (C=O) groups is 1. The van der Waals surface area contributed by atoms with E-state index in [0.29, 0.717) is 34.7 Å². The maximum Gasteiger partial charge on any atom is 0.138 e. The van der Waals surface area contributed by atoms with Crippen LogP contribution in [-0.4, -0.2) is 28.9 Å². The molecule has 1 aliphatic rings. The number of nitrogens with one attached hydrogen (secondary N) is 1. The van der Waals surface area contributed by atoms with Crippen molar-refractivity contribution < 1.29 is 14.3 Å². The highest BCUT2D eigenvalue weighted by atomic mass is 35.5. The number of pyridine rings is 1. The van der Waals surface area contributed by atoms with Crippen LogP contribution in [0.4, 0.5) is 0 Å². The molecule has 5 nitrogen and oxygen atoms in total. The zero-order valence-corrected chi connectivity index (χ0v) is 19.0. The van der Waals surface area contributed by atoms with Crippen molar-refractivity contribution in [1.29, 1.82) is 0 Å². The summed E-state index contributed by atoms with van der Waals surface area (Å²) in [6.07, 6.45) is 4.93. The fourth-order valence-corrected chi connectivity index (χ4v) is 3.98. The first-order valence-electron chi connectivity index (χ1n) is 10.1. The molecule has 31 heavy (non-hydrogen) atoms. The molecule has 4 rings (SSSR count). The van der Waals surface area contributed by atoms with Gasteiger partial charge in [-0.2, -0.15) is 0 Å². The first-order valence-corrected chi connectivity index (χ1v) is 10.9. The molecule has 0 unspecified atom stereocenters. The SMILES string of the molecule is COc1cc2nccc(Oc3ccc(CC(=S)NC4CC4)c(Cl)c3)c2cc1CC(C)=O. The summed E-state index contributed by atoms with van der Waals surface area (Å²) in [5, 5.41) is 4.74. The van der Waals surface area contributed by atoms with E-state index in [1.54, 1.807) is 32.4 Å². The molecule has 7 heteroatoms. The van der Waals surface area contributed by atoms with Crippen molar-refractivity contribution in [2.45, 2.75) is 38.6 Å². The van der Waals surface area contributed by atoms with Crippen LogP contribution in [-0.2, 0) is 17.6 Å². The van der Waals surface area contributed by atoms with Crippen molar-refractivity contribution in [3.05, 3.63) is 58.7 Å². The third kappa shape index (κ3) is 5.32. The Hall–Kier alpha value is -2.70. The van der Waals surface area contributed by atoms with Crippen molar-refractivity contribution in [2.24, 2.45) is 0 Å². The number of Topliss-reactive ketones (excluding diaryl/α,β-unsaturated/α-hetero) is 1. The summed E-state index contributed by atoms with van der Waals surface area (Å²) in [4.78, 5) is 16.9. The zero-order valence-electron chi connectivity index (χ0n) is 17.4. The molecule has 3 aromatic rings. The van der Waals surface area contributed by atoms with Crippen LogP contribution in [0.2, 0.25) is 5.02 Å². The molecular formula is C24H23ClN2O3S. The number of ketones is 1. The van der Waals surface area contributed by atoms with Crippen LogP contribution >= 0.6 is 23.8 Å². The van der Waals surface area contributed by atoms with Gasteiger partial charge in [0.2, 0.25) is 0 Å². The average Bonchev–Trinajstić information content (AvgIpc) is 3.53. The van der Waals surface area contributed by atoms with Crippen LogP contribution in [0.25, 0.3) is 10.9 Å². The Kier molecular flexibility index (Phi) is 6.39. The van der Waals surface area contributed by atoms with Crippen LogP contribution in [0.3, 0.4) is 0 Å². The Morgan fingerprint density at radius 3 is 2.65 bits per heavy atom.